The number of nitrogens with one attached hydrogen (secondary N) is 1. The molecular weight excluding hydrogens is 378 g/mol. The number of esters is 1. The number of urea groups is 1. The Kier molecular flexibility index (Phi) is 4.69. The predicted octanol–water partition coefficient (Wildman–Crippen LogP) is 3.41. The number of nitrogens with zero attached hydrogens (tertiary/aromatic N) is 2. The first-order valence-corrected chi connectivity index (χ1v) is 10.5. The molecule has 0 bridgehead atoms. The number of anilines is 1. The van der Waals surface area contributed by atoms with Crippen LogP contribution in [-0.4, -0.2) is 43.1 Å². The summed E-state index contributed by atoms with van der Waals surface area (Å²) in [6.07, 6.45) is 2.88. The summed E-state index contributed by atoms with van der Waals surface area (Å²) < 4.78 is 5.20. The largest absolute Gasteiger partial charge is 0.466 e. The van der Waals surface area contributed by atoms with Crippen molar-refractivity contribution in [3.8, 4) is 0 Å². The van der Waals surface area contributed by atoms with Crippen LogP contribution in [0.2, 0.25) is 0 Å². The van der Waals surface area contributed by atoms with Crippen molar-refractivity contribution in [2.45, 2.75) is 31.3 Å². The lowest BCUT2D eigenvalue weighted by Gasteiger charge is -2.38. The number of carbonyl (C=O) groups excluding carboxylic acids is 2. The van der Waals surface area contributed by atoms with Crippen LogP contribution in [0, 0.1) is 0 Å². The third-order valence-electron chi connectivity index (χ3n) is 6.15. The van der Waals surface area contributed by atoms with Gasteiger partial charge in [-0.05, 0) is 36.5 Å². The van der Waals surface area contributed by atoms with Gasteiger partial charge in [0.1, 0.15) is 0 Å². The number of fused-ring (bicyclic) bond motifs is 1. The summed E-state index contributed by atoms with van der Waals surface area (Å²) in [4.78, 5) is 30.2. The summed E-state index contributed by atoms with van der Waals surface area (Å²) in [6, 6.07) is 17.5. The summed E-state index contributed by atoms with van der Waals surface area (Å²) >= 11 is 0. The zero-order valence-electron chi connectivity index (χ0n) is 17.0. The Bertz CT molecular complexity index is 1010. The van der Waals surface area contributed by atoms with E-state index in [2.05, 4.69) is 28.4 Å². The molecule has 0 spiro atoms. The van der Waals surface area contributed by atoms with E-state index in [-0.39, 0.29) is 12.1 Å². The fraction of sp³-hybridized carbons (Fsp3) is 0.333. The minimum atomic E-state index is -0.519. The smallest absolute Gasteiger partial charge is 0.338 e. The number of benzene rings is 2. The van der Waals surface area contributed by atoms with E-state index in [1.165, 1.54) is 18.4 Å². The van der Waals surface area contributed by atoms with Crippen LogP contribution in [0.3, 0.4) is 0 Å². The van der Waals surface area contributed by atoms with Gasteiger partial charge in [0.05, 0.1) is 31.0 Å². The quantitative estimate of drug-likeness (QED) is 0.778. The third kappa shape index (κ3) is 3.22. The van der Waals surface area contributed by atoms with Crippen molar-refractivity contribution in [2.24, 2.45) is 0 Å². The van der Waals surface area contributed by atoms with Gasteiger partial charge in [-0.3, -0.25) is 4.90 Å². The summed E-state index contributed by atoms with van der Waals surface area (Å²) in [6.45, 7) is 1.38. The molecule has 0 aromatic heterocycles. The Morgan fingerprint density at radius 1 is 1.10 bits per heavy atom. The fourth-order valence-electron chi connectivity index (χ4n) is 4.56. The Morgan fingerprint density at radius 3 is 2.57 bits per heavy atom. The molecule has 2 heterocycles. The first-order valence-electron chi connectivity index (χ1n) is 10.5. The molecule has 2 aromatic carbocycles. The Balaban J connectivity index is 1.61. The van der Waals surface area contributed by atoms with Crippen molar-refractivity contribution in [1.82, 2.24) is 10.2 Å². The maximum atomic E-state index is 13.2. The number of methoxy groups -OCH3 is 1. The van der Waals surface area contributed by atoms with Crippen molar-refractivity contribution >= 4 is 17.7 Å². The Hall–Kier alpha value is -3.28. The molecule has 2 aromatic rings. The summed E-state index contributed by atoms with van der Waals surface area (Å²) in [5.41, 5.74) is 4.64. The van der Waals surface area contributed by atoms with Gasteiger partial charge >= 0.3 is 12.0 Å². The topological polar surface area (TPSA) is 61.9 Å². The minimum Gasteiger partial charge on any atom is -0.466 e. The molecule has 1 N–H and O–H groups in total. The molecule has 1 aliphatic carbocycles. The number of ether oxygens (including phenoxy) is 1. The van der Waals surface area contributed by atoms with Crippen molar-refractivity contribution < 1.29 is 14.3 Å². The molecule has 1 saturated carbocycles. The SMILES string of the molecule is COC(=O)C1=C(CN2CCc3ccccc32)N(C2CC2)C(=O)NC1c1ccccc1. The molecule has 3 aliphatic rings. The van der Waals surface area contributed by atoms with Crippen LogP contribution in [0.25, 0.3) is 0 Å². The van der Waals surface area contributed by atoms with Crippen LogP contribution in [0.1, 0.15) is 30.0 Å². The molecule has 6 heteroatoms. The summed E-state index contributed by atoms with van der Waals surface area (Å²) in [5, 5.41) is 3.05. The van der Waals surface area contributed by atoms with Gasteiger partial charge < -0.3 is 15.0 Å². The van der Waals surface area contributed by atoms with Crippen molar-refractivity contribution in [1.29, 1.82) is 0 Å². The zero-order valence-corrected chi connectivity index (χ0v) is 17.0. The highest BCUT2D eigenvalue weighted by Gasteiger charge is 2.44. The minimum absolute atomic E-state index is 0.138. The van der Waals surface area contributed by atoms with Crippen LogP contribution in [-0.2, 0) is 16.0 Å². The van der Waals surface area contributed by atoms with E-state index < -0.39 is 12.0 Å². The average Bonchev–Trinajstić information content (AvgIpc) is 3.54. The molecule has 5 rings (SSSR count). The third-order valence-corrected chi connectivity index (χ3v) is 6.15. The molecule has 1 unspecified atom stereocenters. The van der Waals surface area contributed by atoms with Gasteiger partial charge in [0, 0.05) is 18.3 Å². The van der Waals surface area contributed by atoms with Crippen molar-refractivity contribution in [2.75, 3.05) is 25.1 Å². The highest BCUT2D eigenvalue weighted by atomic mass is 16.5. The van der Waals surface area contributed by atoms with Crippen LogP contribution in [0.4, 0.5) is 10.5 Å². The standard InChI is InChI=1S/C24H25N3O3/c1-30-23(28)21-20(15-26-14-13-16-7-5-6-10-19(16)26)27(18-11-12-18)24(29)25-22(21)17-8-3-2-4-9-17/h2-10,18,22H,11-15H2,1H3,(H,25,29). The van der Waals surface area contributed by atoms with Crippen LogP contribution in [0.5, 0.6) is 0 Å². The van der Waals surface area contributed by atoms with Crippen LogP contribution in [0.15, 0.2) is 65.9 Å². The number of hydrogen-bond acceptors (Lipinski definition) is 4. The van der Waals surface area contributed by atoms with Gasteiger partial charge in [0.15, 0.2) is 0 Å². The van der Waals surface area contributed by atoms with Gasteiger partial charge in [-0.1, -0.05) is 48.5 Å². The van der Waals surface area contributed by atoms with Gasteiger partial charge in [0.25, 0.3) is 0 Å². The second-order valence-electron chi connectivity index (χ2n) is 8.05. The number of para-hydroxylation sites is 1. The number of rotatable bonds is 5. The van der Waals surface area contributed by atoms with Crippen molar-refractivity contribution in [3.05, 3.63) is 77.0 Å². The van der Waals surface area contributed by atoms with E-state index in [4.69, 9.17) is 4.74 Å². The number of amides is 2. The van der Waals surface area contributed by atoms with E-state index in [0.29, 0.717) is 12.1 Å². The Morgan fingerprint density at radius 2 is 1.83 bits per heavy atom. The van der Waals surface area contributed by atoms with E-state index in [1.807, 2.05) is 36.4 Å². The fourth-order valence-corrected chi connectivity index (χ4v) is 4.56. The Labute approximate surface area is 176 Å². The van der Waals surface area contributed by atoms with Crippen molar-refractivity contribution in [3.63, 3.8) is 0 Å². The second kappa shape index (κ2) is 7.52. The van der Waals surface area contributed by atoms with E-state index >= 15 is 0 Å². The van der Waals surface area contributed by atoms with Gasteiger partial charge in [0.2, 0.25) is 0 Å². The lowest BCUT2D eigenvalue weighted by Crippen LogP contribution is -2.51. The molecule has 1 fully saturated rings. The highest BCUT2D eigenvalue weighted by Crippen LogP contribution is 2.39. The van der Waals surface area contributed by atoms with E-state index in [0.717, 1.165) is 37.1 Å². The lowest BCUT2D eigenvalue weighted by atomic mass is 9.94. The molecule has 0 saturated heterocycles. The molecular formula is C24H25N3O3. The summed E-state index contributed by atoms with van der Waals surface area (Å²) in [5.74, 6) is -0.392. The van der Waals surface area contributed by atoms with Gasteiger partial charge in [-0.25, -0.2) is 9.59 Å². The lowest BCUT2D eigenvalue weighted by molar-refractivity contribution is -0.136. The van der Waals surface area contributed by atoms with E-state index in [9.17, 15) is 9.59 Å². The maximum Gasteiger partial charge on any atom is 0.338 e. The van der Waals surface area contributed by atoms with E-state index in [1.54, 1.807) is 4.90 Å². The molecule has 154 valence electrons. The second-order valence-corrected chi connectivity index (χ2v) is 8.05. The normalized spacial score (nSPS) is 20.8. The zero-order chi connectivity index (χ0) is 20.7. The van der Waals surface area contributed by atoms with Crippen LogP contribution < -0.4 is 10.2 Å². The monoisotopic (exact) mass is 403 g/mol. The highest BCUT2D eigenvalue weighted by molar-refractivity contribution is 5.95. The predicted molar refractivity (Wildman–Crippen MR) is 114 cm³/mol. The van der Waals surface area contributed by atoms with Gasteiger partial charge in [-0.15, -0.1) is 0 Å². The molecule has 2 amide bonds. The van der Waals surface area contributed by atoms with Gasteiger partial charge in [-0.2, -0.15) is 0 Å². The first kappa shape index (κ1) is 18.7. The van der Waals surface area contributed by atoms with Crippen LogP contribution >= 0.6 is 0 Å². The molecule has 6 nitrogen and oxygen atoms in total. The molecule has 1 atom stereocenters. The first-order chi connectivity index (χ1) is 14.7. The number of hydrogen-bond donors (Lipinski definition) is 1. The molecule has 2 aliphatic heterocycles. The number of carbonyl (C=O) groups is 2. The molecule has 30 heavy (non-hydrogen) atoms. The maximum absolute atomic E-state index is 13.2. The molecule has 0 radical (unpaired) electrons. The summed E-state index contributed by atoms with van der Waals surface area (Å²) in [7, 11) is 1.40. The average molecular weight is 403 g/mol.